The van der Waals surface area contributed by atoms with Crippen molar-refractivity contribution in [3.63, 3.8) is 0 Å². The van der Waals surface area contributed by atoms with E-state index in [1.807, 2.05) is 11.6 Å². The van der Waals surface area contributed by atoms with Gasteiger partial charge in [0.25, 0.3) is 0 Å². The first-order chi connectivity index (χ1) is 12.7. The van der Waals surface area contributed by atoms with Gasteiger partial charge in [-0.1, -0.05) is 0 Å². The van der Waals surface area contributed by atoms with Crippen molar-refractivity contribution in [2.75, 3.05) is 32.9 Å². The maximum atomic E-state index is 5.91. The van der Waals surface area contributed by atoms with E-state index in [1.54, 1.807) is 0 Å². The SMILES string of the molecule is CCNC(=NCCCOC1CCOCC1)NC1CCc2nc(C)nn2C1.I. The Kier molecular flexibility index (Phi) is 9.77. The van der Waals surface area contributed by atoms with Crippen molar-refractivity contribution in [3.8, 4) is 0 Å². The summed E-state index contributed by atoms with van der Waals surface area (Å²) in [7, 11) is 0. The molecule has 2 aliphatic rings. The van der Waals surface area contributed by atoms with Gasteiger partial charge in [-0.25, -0.2) is 9.67 Å². The van der Waals surface area contributed by atoms with Gasteiger partial charge < -0.3 is 20.1 Å². The normalized spacial score (nSPS) is 20.7. The van der Waals surface area contributed by atoms with Crippen LogP contribution in [0.5, 0.6) is 0 Å². The maximum Gasteiger partial charge on any atom is 0.191 e. The van der Waals surface area contributed by atoms with Crippen molar-refractivity contribution in [3.05, 3.63) is 11.6 Å². The van der Waals surface area contributed by atoms with Gasteiger partial charge in [0.2, 0.25) is 0 Å². The van der Waals surface area contributed by atoms with Gasteiger partial charge in [0.05, 0.1) is 12.6 Å². The third-order valence-corrected chi connectivity index (χ3v) is 4.74. The average Bonchev–Trinajstić information content (AvgIpc) is 3.01. The Hall–Kier alpha value is -0.940. The maximum absolute atomic E-state index is 5.91. The number of aliphatic imine (C=N–C) groups is 1. The summed E-state index contributed by atoms with van der Waals surface area (Å²) in [6.45, 7) is 8.90. The molecule has 3 heterocycles. The number of rotatable bonds is 7. The van der Waals surface area contributed by atoms with E-state index in [0.717, 1.165) is 89.2 Å². The van der Waals surface area contributed by atoms with Crippen LogP contribution in [-0.2, 0) is 22.4 Å². The molecule has 27 heavy (non-hydrogen) atoms. The zero-order chi connectivity index (χ0) is 18.2. The first-order valence-electron chi connectivity index (χ1n) is 9.89. The van der Waals surface area contributed by atoms with E-state index >= 15 is 0 Å². The number of fused-ring (bicyclic) bond motifs is 1. The Bertz CT molecular complexity index is 588. The van der Waals surface area contributed by atoms with Gasteiger partial charge in [0, 0.05) is 45.4 Å². The van der Waals surface area contributed by atoms with Crippen LogP contribution in [0.2, 0.25) is 0 Å². The molecule has 0 spiro atoms. The third kappa shape index (κ3) is 7.19. The standard InChI is InChI=1S/C18H32N6O2.HI/c1-3-19-18(20-9-4-10-26-16-7-11-25-12-8-16)22-15-5-6-17-21-14(2)23-24(17)13-15;/h15-16H,3-13H2,1-2H3,(H2,19,20,22);1H. The van der Waals surface area contributed by atoms with Crippen LogP contribution >= 0.6 is 24.0 Å². The molecule has 0 saturated carbocycles. The smallest absolute Gasteiger partial charge is 0.191 e. The number of hydrogen-bond donors (Lipinski definition) is 2. The van der Waals surface area contributed by atoms with E-state index in [4.69, 9.17) is 14.5 Å². The molecule has 0 radical (unpaired) electrons. The second-order valence-electron chi connectivity index (χ2n) is 6.93. The Morgan fingerprint density at radius 3 is 2.93 bits per heavy atom. The molecular weight excluding hydrogens is 459 g/mol. The van der Waals surface area contributed by atoms with Crippen LogP contribution < -0.4 is 10.6 Å². The molecule has 1 aromatic heterocycles. The minimum atomic E-state index is 0. The molecule has 9 heteroatoms. The number of nitrogens with one attached hydrogen (secondary N) is 2. The molecule has 0 bridgehead atoms. The lowest BCUT2D eigenvalue weighted by Crippen LogP contribution is -2.47. The first kappa shape index (κ1) is 22.4. The fourth-order valence-corrected chi connectivity index (χ4v) is 3.41. The molecule has 1 fully saturated rings. The lowest BCUT2D eigenvalue weighted by Gasteiger charge is -2.25. The van der Waals surface area contributed by atoms with Crippen LogP contribution in [0.15, 0.2) is 4.99 Å². The molecule has 1 unspecified atom stereocenters. The topological polar surface area (TPSA) is 85.6 Å². The summed E-state index contributed by atoms with van der Waals surface area (Å²) in [4.78, 5) is 9.16. The molecule has 0 amide bonds. The van der Waals surface area contributed by atoms with E-state index in [9.17, 15) is 0 Å². The van der Waals surface area contributed by atoms with Gasteiger partial charge >= 0.3 is 0 Å². The Labute approximate surface area is 178 Å². The summed E-state index contributed by atoms with van der Waals surface area (Å²) in [5, 5.41) is 11.3. The van der Waals surface area contributed by atoms with Crippen molar-refractivity contribution in [2.45, 2.75) is 64.6 Å². The largest absolute Gasteiger partial charge is 0.381 e. The van der Waals surface area contributed by atoms with Crippen molar-refractivity contribution >= 4 is 29.9 Å². The highest BCUT2D eigenvalue weighted by Crippen LogP contribution is 2.13. The van der Waals surface area contributed by atoms with E-state index in [0.29, 0.717) is 12.1 Å². The minimum Gasteiger partial charge on any atom is -0.381 e. The van der Waals surface area contributed by atoms with Crippen LogP contribution in [0, 0.1) is 6.92 Å². The van der Waals surface area contributed by atoms with Gasteiger partial charge in [-0.3, -0.25) is 4.99 Å². The summed E-state index contributed by atoms with van der Waals surface area (Å²) >= 11 is 0. The van der Waals surface area contributed by atoms with Gasteiger partial charge in [-0.2, -0.15) is 5.10 Å². The minimum absolute atomic E-state index is 0. The third-order valence-electron chi connectivity index (χ3n) is 4.74. The summed E-state index contributed by atoms with van der Waals surface area (Å²) < 4.78 is 13.3. The predicted molar refractivity (Wildman–Crippen MR) is 116 cm³/mol. The van der Waals surface area contributed by atoms with Crippen molar-refractivity contribution in [1.82, 2.24) is 25.4 Å². The van der Waals surface area contributed by atoms with Gasteiger partial charge in [0.1, 0.15) is 11.6 Å². The van der Waals surface area contributed by atoms with Gasteiger partial charge in [-0.05, 0) is 39.5 Å². The second-order valence-corrected chi connectivity index (χ2v) is 6.93. The number of aromatic nitrogens is 3. The highest BCUT2D eigenvalue weighted by Gasteiger charge is 2.21. The van der Waals surface area contributed by atoms with E-state index in [2.05, 4.69) is 27.6 Å². The fraction of sp³-hybridized carbons (Fsp3) is 0.833. The van der Waals surface area contributed by atoms with E-state index in [-0.39, 0.29) is 24.0 Å². The molecule has 1 atom stereocenters. The lowest BCUT2D eigenvalue weighted by atomic mass is 10.1. The van der Waals surface area contributed by atoms with Crippen LogP contribution in [0.1, 0.15) is 44.3 Å². The second kappa shape index (κ2) is 11.8. The predicted octanol–water partition coefficient (Wildman–Crippen LogP) is 1.66. The Balaban J connectivity index is 0.00000261. The number of hydrogen-bond acceptors (Lipinski definition) is 5. The molecule has 3 rings (SSSR count). The van der Waals surface area contributed by atoms with E-state index in [1.165, 1.54) is 0 Å². The van der Waals surface area contributed by atoms with Gasteiger partial charge in [-0.15, -0.1) is 24.0 Å². The fourth-order valence-electron chi connectivity index (χ4n) is 3.41. The monoisotopic (exact) mass is 492 g/mol. The molecule has 8 nitrogen and oxygen atoms in total. The van der Waals surface area contributed by atoms with E-state index < -0.39 is 0 Å². The van der Waals surface area contributed by atoms with Crippen molar-refractivity contribution < 1.29 is 9.47 Å². The molecule has 154 valence electrons. The zero-order valence-corrected chi connectivity index (χ0v) is 18.8. The van der Waals surface area contributed by atoms with Crippen LogP contribution in [-0.4, -0.2) is 65.8 Å². The summed E-state index contributed by atoms with van der Waals surface area (Å²) in [5.74, 6) is 2.82. The van der Waals surface area contributed by atoms with Gasteiger partial charge in [0.15, 0.2) is 5.96 Å². The molecule has 2 N–H and O–H groups in total. The summed E-state index contributed by atoms with van der Waals surface area (Å²) in [6.07, 6.45) is 5.33. The molecule has 1 aromatic rings. The summed E-state index contributed by atoms with van der Waals surface area (Å²) in [6, 6.07) is 0.333. The molecule has 0 aromatic carbocycles. The highest BCUT2D eigenvalue weighted by molar-refractivity contribution is 14.0. The lowest BCUT2D eigenvalue weighted by molar-refractivity contribution is -0.0318. The number of ether oxygens (including phenoxy) is 2. The number of guanidine groups is 1. The van der Waals surface area contributed by atoms with Crippen LogP contribution in [0.4, 0.5) is 0 Å². The molecule has 0 aliphatic carbocycles. The average molecular weight is 492 g/mol. The highest BCUT2D eigenvalue weighted by atomic mass is 127. The molecule has 2 aliphatic heterocycles. The number of halogens is 1. The van der Waals surface area contributed by atoms with Crippen molar-refractivity contribution in [2.24, 2.45) is 4.99 Å². The quantitative estimate of drug-likeness (QED) is 0.261. The summed E-state index contributed by atoms with van der Waals surface area (Å²) in [5.41, 5.74) is 0. The first-order valence-corrected chi connectivity index (χ1v) is 9.89. The molecular formula is C18H33IN6O2. The van der Waals surface area contributed by atoms with Crippen LogP contribution in [0.3, 0.4) is 0 Å². The number of nitrogens with zero attached hydrogens (tertiary/aromatic N) is 4. The zero-order valence-electron chi connectivity index (χ0n) is 16.4. The van der Waals surface area contributed by atoms with Crippen molar-refractivity contribution in [1.29, 1.82) is 0 Å². The van der Waals surface area contributed by atoms with Crippen LogP contribution in [0.25, 0.3) is 0 Å². The Morgan fingerprint density at radius 2 is 2.15 bits per heavy atom. The number of aryl methyl sites for hydroxylation is 2. The molecule has 1 saturated heterocycles. The Morgan fingerprint density at radius 1 is 1.33 bits per heavy atom.